The van der Waals surface area contributed by atoms with Crippen molar-refractivity contribution in [2.75, 3.05) is 6.61 Å². The molecule has 0 aromatic rings. The van der Waals surface area contributed by atoms with Crippen LogP contribution in [0.4, 0.5) is 30.7 Å². The van der Waals surface area contributed by atoms with Crippen LogP contribution in [0, 0.1) is 0 Å². The number of carbonyl (C=O) groups excluding carboxylic acids is 1. The fraction of sp³-hybridized carbons (Fsp3) is 0.889. The Balaban J connectivity index is 5.44. The van der Waals surface area contributed by atoms with Crippen molar-refractivity contribution in [3.8, 4) is 0 Å². The summed E-state index contributed by atoms with van der Waals surface area (Å²) in [4.78, 5) is 11.0. The van der Waals surface area contributed by atoms with Gasteiger partial charge in [-0.1, -0.05) is 0 Å². The second-order valence-corrected chi connectivity index (χ2v) is 3.97. The van der Waals surface area contributed by atoms with E-state index in [2.05, 4.69) is 4.74 Å². The van der Waals surface area contributed by atoms with Crippen molar-refractivity contribution in [3.63, 3.8) is 0 Å². The lowest BCUT2D eigenvalue weighted by atomic mass is 9.88. The molecule has 0 aliphatic carbocycles. The predicted octanol–water partition coefficient (Wildman–Crippen LogP) is 2.52. The van der Waals surface area contributed by atoms with E-state index >= 15 is 0 Å². The minimum atomic E-state index is -6.33. The largest absolute Gasteiger partial charge is 0.464 e. The molecule has 0 radical (unpaired) electrons. The molecule has 0 saturated heterocycles. The topological polar surface area (TPSA) is 46.5 Å². The summed E-state index contributed by atoms with van der Waals surface area (Å²) in [5.41, 5.74) is -8.98. The number of rotatable bonds is 4. The van der Waals surface area contributed by atoms with Crippen LogP contribution in [0.15, 0.2) is 0 Å². The average Bonchev–Trinajstić information content (AvgIpc) is 2.13. The first-order valence-corrected chi connectivity index (χ1v) is 4.91. The standard InChI is InChI=1S/C9H11F7O3/c1-3-19-5(17)6(2,18)4-7(10,8(11,12)13)9(14,15)16/h18H,3-4H2,1-2H3. The lowest BCUT2D eigenvalue weighted by Gasteiger charge is -2.34. The highest BCUT2D eigenvalue weighted by atomic mass is 19.4. The Hall–Kier alpha value is -1.06. The summed E-state index contributed by atoms with van der Waals surface area (Å²) in [7, 11) is 0. The van der Waals surface area contributed by atoms with Crippen LogP contribution in [0.2, 0.25) is 0 Å². The van der Waals surface area contributed by atoms with Crippen molar-refractivity contribution < 1.29 is 45.4 Å². The smallest absolute Gasteiger partial charge is 0.431 e. The Morgan fingerprint density at radius 1 is 1.05 bits per heavy atom. The van der Waals surface area contributed by atoms with E-state index in [-0.39, 0.29) is 0 Å². The molecule has 114 valence electrons. The van der Waals surface area contributed by atoms with E-state index in [9.17, 15) is 40.6 Å². The molecule has 1 N–H and O–H groups in total. The van der Waals surface area contributed by atoms with E-state index in [1.807, 2.05) is 0 Å². The highest BCUT2D eigenvalue weighted by Crippen LogP contribution is 2.50. The lowest BCUT2D eigenvalue weighted by Crippen LogP contribution is -2.58. The second-order valence-electron chi connectivity index (χ2n) is 3.97. The molecule has 1 unspecified atom stereocenters. The van der Waals surface area contributed by atoms with E-state index in [4.69, 9.17) is 0 Å². The third-order valence-electron chi connectivity index (χ3n) is 2.20. The maximum absolute atomic E-state index is 13.3. The summed E-state index contributed by atoms with van der Waals surface area (Å²) in [5.74, 6) is -1.77. The van der Waals surface area contributed by atoms with Gasteiger partial charge in [0.05, 0.1) is 6.61 Å². The molecule has 0 aromatic heterocycles. The quantitative estimate of drug-likeness (QED) is 0.641. The number of hydrogen-bond donors (Lipinski definition) is 1. The first-order chi connectivity index (χ1) is 8.19. The molecule has 10 heteroatoms. The van der Waals surface area contributed by atoms with Crippen molar-refractivity contribution in [2.24, 2.45) is 0 Å². The Kier molecular flexibility index (Phi) is 4.85. The summed E-state index contributed by atoms with van der Waals surface area (Å²) in [5, 5.41) is 9.26. The molecule has 0 fully saturated rings. The van der Waals surface area contributed by atoms with Crippen LogP contribution < -0.4 is 0 Å². The first kappa shape index (κ1) is 17.9. The van der Waals surface area contributed by atoms with E-state index in [1.54, 1.807) is 0 Å². The summed E-state index contributed by atoms with van der Waals surface area (Å²) in [6.45, 7) is 1.13. The molecule has 0 bridgehead atoms. The molecule has 0 aliphatic rings. The molecule has 0 aliphatic heterocycles. The fourth-order valence-corrected chi connectivity index (χ4v) is 1.19. The molecule has 0 rings (SSSR count). The Labute approximate surface area is 103 Å². The third-order valence-corrected chi connectivity index (χ3v) is 2.20. The Morgan fingerprint density at radius 2 is 1.42 bits per heavy atom. The van der Waals surface area contributed by atoms with Crippen LogP contribution in [0.1, 0.15) is 20.3 Å². The van der Waals surface area contributed by atoms with Crippen molar-refractivity contribution in [1.29, 1.82) is 0 Å². The molecule has 3 nitrogen and oxygen atoms in total. The zero-order valence-corrected chi connectivity index (χ0v) is 9.82. The maximum Gasteiger partial charge on any atom is 0.431 e. The van der Waals surface area contributed by atoms with Crippen molar-refractivity contribution in [1.82, 2.24) is 0 Å². The molecular weight excluding hydrogens is 289 g/mol. The van der Waals surface area contributed by atoms with Gasteiger partial charge in [0.2, 0.25) is 0 Å². The number of esters is 1. The van der Waals surface area contributed by atoms with Gasteiger partial charge in [-0.3, -0.25) is 0 Å². The van der Waals surface area contributed by atoms with Gasteiger partial charge >= 0.3 is 24.0 Å². The zero-order valence-electron chi connectivity index (χ0n) is 9.82. The highest BCUT2D eigenvalue weighted by molar-refractivity contribution is 5.78. The van der Waals surface area contributed by atoms with Crippen LogP contribution in [-0.4, -0.2) is 41.3 Å². The van der Waals surface area contributed by atoms with Gasteiger partial charge < -0.3 is 9.84 Å². The van der Waals surface area contributed by atoms with E-state index in [1.165, 1.54) is 6.92 Å². The highest BCUT2D eigenvalue weighted by Gasteiger charge is 2.74. The number of ether oxygens (including phenoxy) is 1. The summed E-state index contributed by atoms with van der Waals surface area (Å²) in [6.07, 6.45) is -15.2. The second kappa shape index (κ2) is 5.14. The minimum absolute atomic E-state index is 0.316. The van der Waals surface area contributed by atoms with E-state index < -0.39 is 42.6 Å². The number of carbonyl (C=O) groups is 1. The number of halogens is 7. The molecule has 0 spiro atoms. The van der Waals surface area contributed by atoms with Crippen LogP contribution in [0.5, 0.6) is 0 Å². The SMILES string of the molecule is CCOC(=O)C(C)(O)CC(F)(C(F)(F)F)C(F)(F)F. The van der Waals surface area contributed by atoms with Crippen LogP contribution in [0.25, 0.3) is 0 Å². The molecule has 0 heterocycles. The fourth-order valence-electron chi connectivity index (χ4n) is 1.19. The van der Waals surface area contributed by atoms with Gasteiger partial charge in [-0.15, -0.1) is 0 Å². The summed E-state index contributed by atoms with van der Waals surface area (Å²) < 4.78 is 90.7. The molecule has 19 heavy (non-hydrogen) atoms. The van der Waals surface area contributed by atoms with Gasteiger partial charge in [0.15, 0.2) is 5.60 Å². The van der Waals surface area contributed by atoms with Gasteiger partial charge in [-0.05, 0) is 13.8 Å². The molecule has 0 amide bonds. The Morgan fingerprint density at radius 3 is 1.68 bits per heavy atom. The monoisotopic (exact) mass is 300 g/mol. The van der Waals surface area contributed by atoms with Crippen LogP contribution in [0.3, 0.4) is 0 Å². The predicted molar refractivity (Wildman–Crippen MR) is 47.8 cm³/mol. The summed E-state index contributed by atoms with van der Waals surface area (Å²) >= 11 is 0. The van der Waals surface area contributed by atoms with Crippen LogP contribution in [-0.2, 0) is 9.53 Å². The first-order valence-electron chi connectivity index (χ1n) is 4.91. The Bertz CT molecular complexity index is 318. The van der Waals surface area contributed by atoms with Gasteiger partial charge in [0.1, 0.15) is 0 Å². The minimum Gasteiger partial charge on any atom is -0.464 e. The molecule has 0 aromatic carbocycles. The van der Waals surface area contributed by atoms with Gasteiger partial charge in [0.25, 0.3) is 0 Å². The lowest BCUT2D eigenvalue weighted by molar-refractivity contribution is -0.350. The number of aliphatic hydroxyl groups is 1. The maximum atomic E-state index is 13.3. The average molecular weight is 300 g/mol. The van der Waals surface area contributed by atoms with Gasteiger partial charge in [-0.2, -0.15) is 26.3 Å². The molecular formula is C9H11F7O3. The van der Waals surface area contributed by atoms with E-state index in [0.717, 1.165) is 0 Å². The van der Waals surface area contributed by atoms with Crippen molar-refractivity contribution in [2.45, 2.75) is 43.9 Å². The zero-order chi connectivity index (χ0) is 15.7. The number of hydrogen-bond acceptors (Lipinski definition) is 3. The summed E-state index contributed by atoms with van der Waals surface area (Å²) in [6, 6.07) is 0. The normalized spacial score (nSPS) is 16.9. The van der Waals surface area contributed by atoms with Crippen molar-refractivity contribution >= 4 is 5.97 Å². The molecule has 0 saturated carbocycles. The van der Waals surface area contributed by atoms with Crippen molar-refractivity contribution in [3.05, 3.63) is 0 Å². The molecule has 1 atom stereocenters. The third kappa shape index (κ3) is 3.71. The van der Waals surface area contributed by atoms with Gasteiger partial charge in [-0.25, -0.2) is 9.18 Å². The van der Waals surface area contributed by atoms with E-state index in [0.29, 0.717) is 6.92 Å². The van der Waals surface area contributed by atoms with Crippen LogP contribution >= 0.6 is 0 Å². The number of alkyl halides is 7. The van der Waals surface area contributed by atoms with Gasteiger partial charge in [0, 0.05) is 6.42 Å².